The average Bonchev–Trinajstić information content (AvgIpc) is 1.34. The van der Waals surface area contributed by atoms with Crippen LogP contribution in [0.2, 0.25) is 0 Å². The van der Waals surface area contributed by atoms with E-state index in [0.717, 1.165) is 29.9 Å². The third-order valence-electron chi connectivity index (χ3n) is 19.6. The van der Waals surface area contributed by atoms with Crippen LogP contribution < -0.4 is 31.1 Å². The number of rotatable bonds is 8. The zero-order valence-corrected chi connectivity index (χ0v) is 51.9. The van der Waals surface area contributed by atoms with E-state index in [9.17, 15) is 0 Å². The Hall–Kier alpha value is -8.80. The molecule has 0 radical (unpaired) electrons. The van der Waals surface area contributed by atoms with Crippen molar-refractivity contribution in [2.45, 2.75) is 117 Å². The van der Waals surface area contributed by atoms with Gasteiger partial charge in [0.1, 0.15) is 0 Å². The largest absolute Gasteiger partial charge is 0.339 e. The van der Waals surface area contributed by atoms with Crippen molar-refractivity contribution in [2.75, 3.05) is 14.7 Å². The second-order valence-corrected chi connectivity index (χ2v) is 28.4. The molecule has 0 amide bonds. The van der Waals surface area contributed by atoms with Crippen molar-refractivity contribution in [1.82, 2.24) is 4.57 Å². The molecule has 4 heterocycles. The van der Waals surface area contributed by atoms with Crippen molar-refractivity contribution < 1.29 is 0 Å². The maximum atomic E-state index is 4.47. The average molecular weight is 1120 g/mol. The predicted octanol–water partition coefficient (Wildman–Crippen LogP) is 19.6. The summed E-state index contributed by atoms with van der Waals surface area (Å²) in [7, 11) is 0. The Balaban J connectivity index is 1.06. The number of hydrogen-bond donors (Lipinski definition) is 0. The number of hydrogen-bond acceptors (Lipinski definition) is 3. The first kappa shape index (κ1) is 53.9. The maximum absolute atomic E-state index is 4.47. The third kappa shape index (κ3) is 7.88. The van der Waals surface area contributed by atoms with Crippen LogP contribution in [0.5, 0.6) is 0 Å². The number of fused-ring (bicyclic) bond motifs is 16. The van der Waals surface area contributed by atoms with Crippen molar-refractivity contribution >= 4 is 90.4 Å². The van der Waals surface area contributed by atoms with E-state index in [2.05, 4.69) is 320 Å². The highest BCUT2D eigenvalue weighted by molar-refractivity contribution is 7.00. The van der Waals surface area contributed by atoms with Gasteiger partial charge in [-0.25, -0.2) is 0 Å². The van der Waals surface area contributed by atoms with E-state index >= 15 is 0 Å². The van der Waals surface area contributed by atoms with Crippen molar-refractivity contribution in [3.8, 4) is 16.8 Å². The highest BCUT2D eigenvalue weighted by Crippen LogP contribution is 2.64. The molecule has 4 aliphatic rings. The molecular formula is C81H77BN4. The van der Waals surface area contributed by atoms with Crippen LogP contribution in [0.4, 0.5) is 45.5 Å². The Kier molecular flexibility index (Phi) is 12.1. The fourth-order valence-corrected chi connectivity index (χ4v) is 15.7. The zero-order valence-electron chi connectivity index (χ0n) is 51.9. The molecule has 1 aliphatic carbocycles. The number of para-hydroxylation sites is 4. The zero-order chi connectivity index (χ0) is 59.3. The maximum Gasteiger partial charge on any atom is 0.252 e. The van der Waals surface area contributed by atoms with Crippen LogP contribution in [-0.2, 0) is 21.7 Å². The van der Waals surface area contributed by atoms with Gasteiger partial charge < -0.3 is 19.3 Å². The summed E-state index contributed by atoms with van der Waals surface area (Å²) in [6, 6.07) is 82.5. The molecule has 11 aromatic rings. The molecule has 1 aromatic heterocycles. The first-order valence-electron chi connectivity index (χ1n) is 31.4. The van der Waals surface area contributed by atoms with E-state index < -0.39 is 5.41 Å². The van der Waals surface area contributed by atoms with Gasteiger partial charge in [0.2, 0.25) is 0 Å². The summed E-state index contributed by atoms with van der Waals surface area (Å²) in [6.45, 7) is 30.3. The van der Waals surface area contributed by atoms with Crippen LogP contribution in [-0.4, -0.2) is 17.3 Å². The Morgan fingerprint density at radius 3 is 1.53 bits per heavy atom. The molecule has 15 rings (SSSR count). The summed E-state index contributed by atoms with van der Waals surface area (Å²) in [6.07, 6.45) is 4.00. The fourth-order valence-electron chi connectivity index (χ4n) is 15.7. The molecule has 3 aliphatic heterocycles. The molecule has 5 heteroatoms. The first-order chi connectivity index (χ1) is 41.4. The van der Waals surface area contributed by atoms with E-state index in [0.29, 0.717) is 5.92 Å². The number of nitrogens with zero attached hydrogens (tertiary/aromatic N) is 4. The molecular weight excluding hydrogens is 1040 g/mol. The van der Waals surface area contributed by atoms with Crippen LogP contribution in [0.25, 0.3) is 38.6 Å². The fraction of sp³-hybridized carbons (Fsp3) is 0.235. The number of aromatic nitrogens is 1. The van der Waals surface area contributed by atoms with Crippen LogP contribution in [0.15, 0.2) is 225 Å². The van der Waals surface area contributed by atoms with Crippen LogP contribution in [0.1, 0.15) is 128 Å². The summed E-state index contributed by atoms with van der Waals surface area (Å²) in [5.74, 6) is 0.447. The van der Waals surface area contributed by atoms with Crippen LogP contribution >= 0.6 is 0 Å². The second-order valence-electron chi connectivity index (χ2n) is 28.4. The Labute approximate surface area is 510 Å². The van der Waals surface area contributed by atoms with E-state index in [4.69, 9.17) is 0 Å². The molecule has 0 fully saturated rings. The molecule has 0 saturated heterocycles. The van der Waals surface area contributed by atoms with Crippen molar-refractivity contribution in [2.24, 2.45) is 5.92 Å². The first-order valence-corrected chi connectivity index (χ1v) is 31.4. The van der Waals surface area contributed by atoms with Gasteiger partial charge >= 0.3 is 0 Å². The molecule has 0 saturated carbocycles. The lowest BCUT2D eigenvalue weighted by Gasteiger charge is -2.47. The molecule has 424 valence electrons. The Morgan fingerprint density at radius 2 is 0.942 bits per heavy atom. The summed E-state index contributed by atoms with van der Waals surface area (Å²) >= 11 is 0. The minimum atomic E-state index is -0.529. The molecule has 86 heavy (non-hydrogen) atoms. The topological polar surface area (TPSA) is 14.7 Å². The van der Waals surface area contributed by atoms with E-state index in [1.165, 1.54) is 122 Å². The van der Waals surface area contributed by atoms with Crippen molar-refractivity contribution in [3.63, 3.8) is 0 Å². The highest BCUT2D eigenvalue weighted by Gasteiger charge is 2.52. The molecule has 0 N–H and O–H groups in total. The SMILES string of the molecule is C=CCC(CC(C)C)N1c2ccc(C(C)(C)C)cc2B2c3cc(C(C)(C)C)ccc3N(c3ccc(C(C)(C)C)cc3)c3cc(-n4c5ccccc5c5cccc(N6c7ccccc7C7(c8ccccc8-c8ccccc87)c7ccccc76)c54)cc1c32. The monoisotopic (exact) mass is 1120 g/mol. The van der Waals surface area contributed by atoms with Gasteiger partial charge in [0.25, 0.3) is 6.71 Å². The molecule has 10 aromatic carbocycles. The predicted molar refractivity (Wildman–Crippen MR) is 368 cm³/mol. The Bertz CT molecular complexity index is 4480. The van der Waals surface area contributed by atoms with Crippen LogP contribution in [0, 0.1) is 5.92 Å². The lowest BCUT2D eigenvalue weighted by Crippen LogP contribution is -2.63. The van der Waals surface area contributed by atoms with Gasteiger partial charge in [-0.2, -0.15) is 0 Å². The van der Waals surface area contributed by atoms with Gasteiger partial charge in [-0.15, -0.1) is 6.58 Å². The summed E-state index contributed by atoms with van der Waals surface area (Å²) in [5, 5.41) is 2.43. The van der Waals surface area contributed by atoms with E-state index in [1.54, 1.807) is 0 Å². The van der Waals surface area contributed by atoms with Gasteiger partial charge in [-0.1, -0.05) is 234 Å². The lowest BCUT2D eigenvalue weighted by atomic mass is 9.33. The van der Waals surface area contributed by atoms with Crippen molar-refractivity contribution in [3.05, 3.63) is 264 Å². The summed E-state index contributed by atoms with van der Waals surface area (Å²) < 4.78 is 2.63. The smallest absolute Gasteiger partial charge is 0.252 e. The van der Waals surface area contributed by atoms with Gasteiger partial charge in [0.05, 0.1) is 39.2 Å². The highest BCUT2D eigenvalue weighted by atomic mass is 15.2. The third-order valence-corrected chi connectivity index (χ3v) is 19.6. The van der Waals surface area contributed by atoms with Crippen molar-refractivity contribution in [1.29, 1.82) is 0 Å². The van der Waals surface area contributed by atoms with Gasteiger partial charge in [-0.3, -0.25) is 0 Å². The normalized spacial score (nSPS) is 14.9. The van der Waals surface area contributed by atoms with E-state index in [-0.39, 0.29) is 29.0 Å². The van der Waals surface area contributed by atoms with Gasteiger partial charge in [0.15, 0.2) is 0 Å². The molecule has 1 atom stereocenters. The molecule has 1 unspecified atom stereocenters. The minimum Gasteiger partial charge on any atom is -0.339 e. The standard InChI is InChI=1S/C81H77BN4/c1-13-25-56(46-51(2)3)84-72-45-41-54(80(10,11)12)48-67(72)82-66-47-53(79(7,8)9)40-44-71(66)83(55-42-38-52(39-43-55)78(4,5)6)74-49-57(50-75(84)76(74)82)85-68-34-21-16-28-60(68)61-29-24-37-73(77(61)85)86-69-35-22-19-32-64(69)81(65-33-20-23-36-70(65)86)62-30-17-14-26-58(62)59-27-15-18-31-63(59)81/h13-24,26-45,47-51,56H,1,25,46H2,2-12H3. The minimum absolute atomic E-state index is 0.00797. The van der Waals surface area contributed by atoms with Gasteiger partial charge in [0, 0.05) is 45.3 Å². The van der Waals surface area contributed by atoms with Crippen LogP contribution in [0.3, 0.4) is 0 Å². The number of benzene rings is 10. The van der Waals surface area contributed by atoms with E-state index in [1.807, 2.05) is 0 Å². The lowest BCUT2D eigenvalue weighted by molar-refractivity contribution is 0.492. The number of anilines is 8. The quantitative estimate of drug-likeness (QED) is 0.111. The molecule has 0 bridgehead atoms. The summed E-state index contributed by atoms with van der Waals surface area (Å²) in [4.78, 5) is 7.99. The molecule has 1 spiro atoms. The summed E-state index contributed by atoms with van der Waals surface area (Å²) in [5.41, 5.74) is 28.3. The van der Waals surface area contributed by atoms with Gasteiger partial charge in [-0.05, 0) is 162 Å². The Morgan fingerprint density at radius 1 is 0.442 bits per heavy atom. The second kappa shape index (κ2) is 19.4. The molecule has 4 nitrogen and oxygen atoms in total.